The van der Waals surface area contributed by atoms with Gasteiger partial charge in [-0.3, -0.25) is 0 Å². The Labute approximate surface area is 78.0 Å². The molecule has 0 aliphatic rings. The average Bonchev–Trinajstić information content (AvgIpc) is 2.05. The summed E-state index contributed by atoms with van der Waals surface area (Å²) in [5.74, 6) is -2.94. The maximum absolute atomic E-state index is 12.9. The second-order valence-corrected chi connectivity index (χ2v) is 3.25. The van der Waals surface area contributed by atoms with Gasteiger partial charge >= 0.3 is 0 Å². The maximum atomic E-state index is 12.9. The number of rotatable bonds is 2. The van der Waals surface area contributed by atoms with Gasteiger partial charge in [0.1, 0.15) is 0 Å². The Bertz CT molecular complexity index is 294. The van der Waals surface area contributed by atoms with E-state index in [2.05, 4.69) is 22.5 Å². The number of allylic oxidation sites excluding steroid dienone is 1. The first-order valence-electron chi connectivity index (χ1n) is 3.34. The molecule has 0 bridgehead atoms. The molecule has 0 aliphatic heterocycles. The fraction of sp³-hybridized carbons (Fsp3) is 0.111. The molecule has 3 heteroatoms. The van der Waals surface area contributed by atoms with Crippen LogP contribution in [-0.4, -0.2) is 0 Å². The summed E-state index contributed by atoms with van der Waals surface area (Å²) in [7, 11) is 0. The lowest BCUT2D eigenvalue weighted by atomic mass is 10.1. The molecule has 1 aromatic rings. The van der Waals surface area contributed by atoms with Crippen LogP contribution in [0.5, 0.6) is 0 Å². The van der Waals surface area contributed by atoms with Crippen molar-refractivity contribution >= 4 is 15.9 Å². The molecule has 1 rings (SSSR count). The summed E-state index contributed by atoms with van der Waals surface area (Å²) in [4.78, 5) is 0. The summed E-state index contributed by atoms with van der Waals surface area (Å²) in [6, 6.07) is 6.01. The van der Waals surface area contributed by atoms with E-state index in [-0.39, 0.29) is 5.56 Å². The molecule has 0 fully saturated rings. The minimum atomic E-state index is -2.94. The van der Waals surface area contributed by atoms with Gasteiger partial charge in [-0.05, 0) is 18.2 Å². The lowest BCUT2D eigenvalue weighted by molar-refractivity contribution is 0.0525. The van der Waals surface area contributed by atoms with Crippen molar-refractivity contribution in [3.05, 3.63) is 47.0 Å². The van der Waals surface area contributed by atoms with Crippen molar-refractivity contribution in [3.63, 3.8) is 0 Å². The smallest absolute Gasteiger partial charge is 0.197 e. The van der Waals surface area contributed by atoms with Crippen LogP contribution in [0.25, 0.3) is 0 Å². The van der Waals surface area contributed by atoms with Crippen LogP contribution in [0.15, 0.2) is 41.4 Å². The highest BCUT2D eigenvalue weighted by atomic mass is 79.9. The molecule has 1 aromatic carbocycles. The van der Waals surface area contributed by atoms with Crippen molar-refractivity contribution in [3.8, 4) is 0 Å². The largest absolute Gasteiger partial charge is 0.291 e. The van der Waals surface area contributed by atoms with Crippen molar-refractivity contribution in [2.75, 3.05) is 0 Å². The fourth-order valence-corrected chi connectivity index (χ4v) is 1.21. The summed E-state index contributed by atoms with van der Waals surface area (Å²) in [5, 5.41) is 0. The van der Waals surface area contributed by atoms with E-state index in [0.717, 1.165) is 0 Å². The zero-order chi connectivity index (χ0) is 9.19. The van der Waals surface area contributed by atoms with Crippen LogP contribution in [0.1, 0.15) is 5.56 Å². The van der Waals surface area contributed by atoms with Crippen molar-refractivity contribution < 1.29 is 8.78 Å². The molecule has 0 amide bonds. The first-order valence-corrected chi connectivity index (χ1v) is 4.13. The number of halogens is 3. The van der Waals surface area contributed by atoms with Crippen LogP contribution >= 0.6 is 15.9 Å². The topological polar surface area (TPSA) is 0 Å². The molecule has 0 aromatic heterocycles. The highest BCUT2D eigenvalue weighted by molar-refractivity contribution is 9.10. The van der Waals surface area contributed by atoms with Gasteiger partial charge in [-0.25, -0.2) is 0 Å². The second-order valence-electron chi connectivity index (χ2n) is 2.34. The Balaban J connectivity index is 3.11. The van der Waals surface area contributed by atoms with E-state index in [1.54, 1.807) is 12.1 Å². The molecule has 0 saturated heterocycles. The molecule has 0 heterocycles. The van der Waals surface area contributed by atoms with Gasteiger partial charge in [0.05, 0.1) is 0 Å². The SMILES string of the molecule is C=CC(F)(F)c1cccc(Br)c1. The van der Waals surface area contributed by atoms with Crippen molar-refractivity contribution in [1.29, 1.82) is 0 Å². The zero-order valence-corrected chi connectivity index (χ0v) is 7.81. The predicted molar refractivity (Wildman–Crippen MR) is 48.2 cm³/mol. The number of benzene rings is 1. The third-order valence-electron chi connectivity index (χ3n) is 1.47. The van der Waals surface area contributed by atoms with Crippen molar-refractivity contribution in [1.82, 2.24) is 0 Å². The van der Waals surface area contributed by atoms with Gasteiger partial charge in [0.2, 0.25) is 0 Å². The normalized spacial score (nSPS) is 11.2. The molecule has 0 nitrogen and oxygen atoms in total. The van der Waals surface area contributed by atoms with Crippen LogP contribution in [-0.2, 0) is 5.92 Å². The minimum Gasteiger partial charge on any atom is -0.197 e. The van der Waals surface area contributed by atoms with Crippen molar-refractivity contribution in [2.45, 2.75) is 5.92 Å². The molecule has 0 aliphatic carbocycles. The summed E-state index contributed by atoms with van der Waals surface area (Å²) in [6.07, 6.45) is 0.634. The summed E-state index contributed by atoms with van der Waals surface area (Å²) in [6.45, 7) is 3.07. The van der Waals surface area contributed by atoms with Gasteiger partial charge in [-0.15, -0.1) is 0 Å². The van der Waals surface area contributed by atoms with E-state index in [9.17, 15) is 8.78 Å². The molecule has 0 radical (unpaired) electrons. The van der Waals surface area contributed by atoms with Crippen LogP contribution < -0.4 is 0 Å². The Morgan fingerprint density at radius 2 is 2.08 bits per heavy atom. The number of alkyl halides is 2. The van der Waals surface area contributed by atoms with E-state index < -0.39 is 5.92 Å². The molecule has 0 N–H and O–H groups in total. The van der Waals surface area contributed by atoms with Gasteiger partial charge in [-0.1, -0.05) is 34.6 Å². The Morgan fingerprint density at radius 1 is 1.42 bits per heavy atom. The Kier molecular flexibility index (Phi) is 2.62. The quantitative estimate of drug-likeness (QED) is 0.682. The molecule has 0 saturated carbocycles. The van der Waals surface area contributed by atoms with Gasteiger partial charge in [-0.2, -0.15) is 8.78 Å². The van der Waals surface area contributed by atoms with E-state index in [1.807, 2.05) is 0 Å². The molecular formula is C9H7BrF2. The van der Waals surface area contributed by atoms with Crippen LogP contribution in [0, 0.1) is 0 Å². The average molecular weight is 233 g/mol. The van der Waals surface area contributed by atoms with E-state index >= 15 is 0 Å². The Hall–Kier alpha value is -0.700. The molecule has 0 atom stereocenters. The highest BCUT2D eigenvalue weighted by Gasteiger charge is 2.26. The summed E-state index contributed by atoms with van der Waals surface area (Å²) < 4.78 is 26.5. The van der Waals surface area contributed by atoms with Gasteiger partial charge in [0.15, 0.2) is 0 Å². The van der Waals surface area contributed by atoms with E-state index in [1.165, 1.54) is 12.1 Å². The maximum Gasteiger partial charge on any atom is 0.291 e. The lowest BCUT2D eigenvalue weighted by Crippen LogP contribution is -2.08. The first kappa shape index (κ1) is 9.39. The zero-order valence-electron chi connectivity index (χ0n) is 6.23. The molecule has 12 heavy (non-hydrogen) atoms. The number of hydrogen-bond donors (Lipinski definition) is 0. The Morgan fingerprint density at radius 3 is 2.58 bits per heavy atom. The van der Waals surface area contributed by atoms with Crippen LogP contribution in [0.3, 0.4) is 0 Å². The van der Waals surface area contributed by atoms with Gasteiger partial charge in [0, 0.05) is 10.0 Å². The van der Waals surface area contributed by atoms with Crippen LogP contribution in [0.2, 0.25) is 0 Å². The monoisotopic (exact) mass is 232 g/mol. The third kappa shape index (κ3) is 1.91. The number of hydrogen-bond acceptors (Lipinski definition) is 0. The molecule has 64 valence electrons. The van der Waals surface area contributed by atoms with E-state index in [0.29, 0.717) is 10.5 Å². The molecule has 0 unspecified atom stereocenters. The summed E-state index contributed by atoms with van der Waals surface area (Å²) in [5.41, 5.74) is -0.0492. The standard InChI is InChI=1S/C9H7BrF2/c1-2-9(11,12)7-4-3-5-8(10)6-7/h2-6H,1H2. The highest BCUT2D eigenvalue weighted by Crippen LogP contribution is 2.30. The van der Waals surface area contributed by atoms with Crippen LogP contribution in [0.4, 0.5) is 8.78 Å². The summed E-state index contributed by atoms with van der Waals surface area (Å²) >= 11 is 3.12. The predicted octanol–water partition coefficient (Wildman–Crippen LogP) is 3.73. The van der Waals surface area contributed by atoms with E-state index in [4.69, 9.17) is 0 Å². The minimum absolute atomic E-state index is 0.0492. The van der Waals surface area contributed by atoms with Crippen molar-refractivity contribution in [2.24, 2.45) is 0 Å². The van der Waals surface area contributed by atoms with Gasteiger partial charge in [0.25, 0.3) is 5.92 Å². The molecule has 0 spiro atoms. The second kappa shape index (κ2) is 3.35. The third-order valence-corrected chi connectivity index (χ3v) is 1.96. The first-order chi connectivity index (χ1) is 5.56. The lowest BCUT2D eigenvalue weighted by Gasteiger charge is -2.11. The fourth-order valence-electron chi connectivity index (χ4n) is 0.814. The van der Waals surface area contributed by atoms with Gasteiger partial charge < -0.3 is 0 Å². The molecular weight excluding hydrogens is 226 g/mol.